The lowest BCUT2D eigenvalue weighted by molar-refractivity contribution is -0.148. The minimum atomic E-state index is -1.09. The monoisotopic (exact) mass is 258 g/mol. The van der Waals surface area contributed by atoms with Gasteiger partial charge in [0.25, 0.3) is 0 Å². The number of aliphatic hydroxyl groups is 1. The predicted molar refractivity (Wildman–Crippen MR) is 61.1 cm³/mol. The van der Waals surface area contributed by atoms with Gasteiger partial charge in [-0.25, -0.2) is 4.79 Å². The third kappa shape index (κ3) is 2.28. The van der Waals surface area contributed by atoms with Gasteiger partial charge >= 0.3 is 12.0 Å². The predicted octanol–water partition coefficient (Wildman–Crippen LogP) is -0.748. The third-order valence-corrected chi connectivity index (χ3v) is 3.69. The number of aliphatic hydroxyl groups excluding tert-OH is 1. The fourth-order valence-corrected chi connectivity index (χ4v) is 2.25. The fourth-order valence-electron chi connectivity index (χ4n) is 2.25. The number of rotatable bonds is 2. The van der Waals surface area contributed by atoms with Crippen LogP contribution in [-0.4, -0.2) is 65.6 Å². The highest BCUT2D eigenvalue weighted by Crippen LogP contribution is 2.29. The molecule has 0 aliphatic carbocycles. The van der Waals surface area contributed by atoms with Crippen molar-refractivity contribution in [3.8, 4) is 0 Å². The van der Waals surface area contributed by atoms with E-state index in [2.05, 4.69) is 5.32 Å². The van der Waals surface area contributed by atoms with E-state index in [4.69, 9.17) is 4.74 Å². The molecule has 0 aromatic rings. The third-order valence-electron chi connectivity index (χ3n) is 3.69. The molecule has 2 rings (SSSR count). The van der Waals surface area contributed by atoms with E-state index in [1.54, 1.807) is 6.92 Å². The molecule has 0 saturated carbocycles. The molecule has 3 atom stereocenters. The summed E-state index contributed by atoms with van der Waals surface area (Å²) in [4.78, 5) is 24.6. The van der Waals surface area contributed by atoms with Crippen molar-refractivity contribution in [2.45, 2.75) is 25.5 Å². The normalized spacial score (nSPS) is 35.8. The van der Waals surface area contributed by atoms with Gasteiger partial charge in [-0.2, -0.15) is 0 Å². The second kappa shape index (κ2) is 4.74. The average molecular weight is 258 g/mol. The van der Waals surface area contributed by atoms with Crippen molar-refractivity contribution < 1.29 is 24.5 Å². The van der Waals surface area contributed by atoms with Gasteiger partial charge in [-0.3, -0.25) is 4.79 Å². The van der Waals surface area contributed by atoms with Gasteiger partial charge in [0.05, 0.1) is 25.4 Å². The maximum Gasteiger partial charge on any atom is 0.317 e. The van der Waals surface area contributed by atoms with E-state index in [9.17, 15) is 19.8 Å². The smallest absolute Gasteiger partial charge is 0.317 e. The molecule has 0 aromatic heterocycles. The van der Waals surface area contributed by atoms with Crippen LogP contribution < -0.4 is 5.32 Å². The van der Waals surface area contributed by atoms with Gasteiger partial charge in [-0.05, 0) is 13.3 Å². The first-order valence-electron chi connectivity index (χ1n) is 5.98. The number of likely N-dealkylation sites (tertiary alicyclic amines) is 1. The Morgan fingerprint density at radius 1 is 1.50 bits per heavy atom. The zero-order chi connectivity index (χ0) is 13.3. The van der Waals surface area contributed by atoms with Crippen LogP contribution in [0.15, 0.2) is 0 Å². The van der Waals surface area contributed by atoms with E-state index in [1.807, 2.05) is 0 Å². The van der Waals surface area contributed by atoms with Gasteiger partial charge in [0.1, 0.15) is 5.41 Å². The highest BCUT2D eigenvalue weighted by molar-refractivity contribution is 5.79. The molecular weight excluding hydrogens is 240 g/mol. The van der Waals surface area contributed by atoms with Gasteiger partial charge in [0.15, 0.2) is 0 Å². The van der Waals surface area contributed by atoms with Crippen LogP contribution in [0, 0.1) is 5.41 Å². The minimum Gasteiger partial charge on any atom is -0.481 e. The van der Waals surface area contributed by atoms with E-state index in [1.165, 1.54) is 4.90 Å². The highest BCUT2D eigenvalue weighted by Gasteiger charge is 2.47. The van der Waals surface area contributed by atoms with Crippen LogP contribution in [0.25, 0.3) is 0 Å². The maximum atomic E-state index is 11.9. The first kappa shape index (κ1) is 13.1. The van der Waals surface area contributed by atoms with Crippen molar-refractivity contribution in [3.63, 3.8) is 0 Å². The quantitative estimate of drug-likeness (QED) is 0.605. The SMILES string of the molecule is CC1(C(=O)O)COCC1NC(=O)N1CCC(O)C1. The van der Waals surface area contributed by atoms with Crippen LogP contribution in [0.2, 0.25) is 0 Å². The lowest BCUT2D eigenvalue weighted by atomic mass is 9.85. The molecule has 2 aliphatic heterocycles. The van der Waals surface area contributed by atoms with Crippen LogP contribution >= 0.6 is 0 Å². The van der Waals surface area contributed by atoms with Gasteiger partial charge in [0, 0.05) is 13.1 Å². The van der Waals surface area contributed by atoms with Gasteiger partial charge in [-0.1, -0.05) is 0 Å². The molecule has 7 heteroatoms. The topological polar surface area (TPSA) is 99.1 Å². The number of nitrogens with one attached hydrogen (secondary N) is 1. The molecule has 102 valence electrons. The summed E-state index contributed by atoms with van der Waals surface area (Å²) in [6.45, 7) is 2.64. The Morgan fingerprint density at radius 3 is 2.78 bits per heavy atom. The molecular formula is C11H18N2O5. The Bertz CT molecular complexity index is 361. The molecule has 18 heavy (non-hydrogen) atoms. The summed E-state index contributed by atoms with van der Waals surface area (Å²) in [5.74, 6) is -0.980. The zero-order valence-corrected chi connectivity index (χ0v) is 10.3. The number of hydrogen-bond donors (Lipinski definition) is 3. The highest BCUT2D eigenvalue weighted by atomic mass is 16.5. The van der Waals surface area contributed by atoms with Crippen molar-refractivity contribution in [1.82, 2.24) is 10.2 Å². The molecule has 2 heterocycles. The lowest BCUT2D eigenvalue weighted by Gasteiger charge is -2.27. The number of carbonyl (C=O) groups excluding carboxylic acids is 1. The number of carboxylic acids is 1. The summed E-state index contributed by atoms with van der Waals surface area (Å²) >= 11 is 0. The van der Waals surface area contributed by atoms with Crippen LogP contribution in [-0.2, 0) is 9.53 Å². The molecule has 3 unspecified atom stereocenters. The summed E-state index contributed by atoms with van der Waals surface area (Å²) in [5, 5.41) is 21.2. The second-order valence-corrected chi connectivity index (χ2v) is 5.13. The average Bonchev–Trinajstić information content (AvgIpc) is 2.87. The molecule has 0 radical (unpaired) electrons. The van der Waals surface area contributed by atoms with Crippen LogP contribution in [0.5, 0.6) is 0 Å². The molecule has 0 aromatic carbocycles. The van der Waals surface area contributed by atoms with E-state index < -0.39 is 23.5 Å². The Labute approximate surface area is 105 Å². The number of β-amino-alcohol motifs (C(OH)–C–C–N with tert-alkyl or cyclic N) is 1. The van der Waals surface area contributed by atoms with Gasteiger partial charge in [0.2, 0.25) is 0 Å². The summed E-state index contributed by atoms with van der Waals surface area (Å²) in [7, 11) is 0. The molecule has 2 amide bonds. The summed E-state index contributed by atoms with van der Waals surface area (Å²) in [5.41, 5.74) is -1.09. The van der Waals surface area contributed by atoms with Crippen molar-refractivity contribution in [1.29, 1.82) is 0 Å². The van der Waals surface area contributed by atoms with Crippen molar-refractivity contribution in [2.24, 2.45) is 5.41 Å². The maximum absolute atomic E-state index is 11.9. The number of carbonyl (C=O) groups is 2. The number of urea groups is 1. The summed E-state index contributed by atoms with van der Waals surface area (Å²) in [6, 6.07) is -0.880. The van der Waals surface area contributed by atoms with Crippen molar-refractivity contribution >= 4 is 12.0 Å². The van der Waals surface area contributed by atoms with Crippen molar-refractivity contribution in [2.75, 3.05) is 26.3 Å². The number of hydrogen-bond acceptors (Lipinski definition) is 4. The van der Waals surface area contributed by atoms with E-state index >= 15 is 0 Å². The summed E-state index contributed by atoms with van der Waals surface area (Å²) in [6.07, 6.45) is 0.0755. The molecule has 0 bridgehead atoms. The Hall–Kier alpha value is -1.34. The van der Waals surface area contributed by atoms with Crippen LogP contribution in [0.4, 0.5) is 4.79 Å². The molecule has 2 fully saturated rings. The van der Waals surface area contributed by atoms with Crippen LogP contribution in [0.1, 0.15) is 13.3 Å². The van der Waals surface area contributed by atoms with E-state index in [0.717, 1.165) is 0 Å². The van der Waals surface area contributed by atoms with Gasteiger partial charge < -0.3 is 25.2 Å². The first-order valence-corrected chi connectivity index (χ1v) is 5.98. The fraction of sp³-hybridized carbons (Fsp3) is 0.818. The Morgan fingerprint density at radius 2 is 2.22 bits per heavy atom. The Kier molecular flexibility index (Phi) is 3.45. The number of nitrogens with zero attached hydrogens (tertiary/aromatic N) is 1. The number of carboxylic acid groups (broad SMARTS) is 1. The first-order chi connectivity index (χ1) is 8.43. The van der Waals surface area contributed by atoms with Crippen molar-refractivity contribution in [3.05, 3.63) is 0 Å². The van der Waals surface area contributed by atoms with E-state index in [0.29, 0.717) is 19.5 Å². The number of amides is 2. The molecule has 2 saturated heterocycles. The summed E-state index contributed by atoms with van der Waals surface area (Å²) < 4.78 is 5.16. The minimum absolute atomic E-state index is 0.0932. The van der Waals surface area contributed by atoms with E-state index in [-0.39, 0.29) is 19.2 Å². The lowest BCUT2D eigenvalue weighted by Crippen LogP contribution is -2.53. The molecule has 0 spiro atoms. The largest absolute Gasteiger partial charge is 0.481 e. The molecule has 2 aliphatic rings. The zero-order valence-electron chi connectivity index (χ0n) is 10.3. The Balaban J connectivity index is 1.96. The van der Waals surface area contributed by atoms with Gasteiger partial charge in [-0.15, -0.1) is 0 Å². The second-order valence-electron chi connectivity index (χ2n) is 5.13. The molecule has 3 N–H and O–H groups in total. The standard InChI is InChI=1S/C11H18N2O5/c1-11(9(15)16)6-18-5-8(11)12-10(17)13-3-2-7(14)4-13/h7-8,14H,2-6H2,1H3,(H,12,17)(H,15,16). The number of ether oxygens (including phenoxy) is 1. The molecule has 7 nitrogen and oxygen atoms in total. The van der Waals surface area contributed by atoms with Crippen LogP contribution in [0.3, 0.4) is 0 Å². The number of aliphatic carboxylic acids is 1.